The largest absolute Gasteiger partial charge is 2.00 e. The number of hydrogen-bond donors (Lipinski definition) is 0. The second-order valence-corrected chi connectivity index (χ2v) is 12.1. The quantitative estimate of drug-likeness (QED) is 0.417. The van der Waals surface area contributed by atoms with Crippen LogP contribution in [0, 0.1) is 6.92 Å². The molecule has 2 heteroatoms. The fraction of sp³-hybridized carbons (Fsp3) is 0.542. The van der Waals surface area contributed by atoms with Gasteiger partial charge in [-0.25, -0.2) is 6.07 Å². The van der Waals surface area contributed by atoms with Gasteiger partial charge in [-0.15, -0.1) is 12.1 Å². The Labute approximate surface area is 180 Å². The predicted octanol–water partition coefficient (Wildman–Crippen LogP) is 6.60. The van der Waals surface area contributed by atoms with Gasteiger partial charge in [-0.2, -0.15) is 46.1 Å². The molecule has 0 aliphatic rings. The molecule has 0 aromatic heterocycles. The molecular formula is C24H38MgSi. The first-order valence-corrected chi connectivity index (χ1v) is 11.7. The molecule has 0 N–H and O–H groups in total. The van der Waals surface area contributed by atoms with E-state index in [9.17, 15) is 0 Å². The Morgan fingerprint density at radius 1 is 0.846 bits per heavy atom. The van der Waals surface area contributed by atoms with Crippen LogP contribution in [0.2, 0.25) is 12.1 Å². The topological polar surface area (TPSA) is 0 Å². The van der Waals surface area contributed by atoms with E-state index < -0.39 is 0 Å². The van der Waals surface area contributed by atoms with Gasteiger partial charge < -0.3 is 0 Å². The molecule has 0 saturated heterocycles. The molecular weight excluding hydrogens is 341 g/mol. The molecule has 0 saturated carbocycles. The molecule has 140 valence electrons. The minimum absolute atomic E-state index is 0. The SMILES string of the molecule is CC[Si](=Cc1cc(C(C)(C)C)c[cH-]1)CC.Cc1cc(C(C)(C)C)c[cH-]1.[Mg+2]. The van der Waals surface area contributed by atoms with Crippen molar-refractivity contribution in [1.82, 2.24) is 0 Å². The summed E-state index contributed by atoms with van der Waals surface area (Å²) in [7, 11) is -0.232. The molecule has 26 heavy (non-hydrogen) atoms. The van der Waals surface area contributed by atoms with Crippen molar-refractivity contribution in [2.75, 3.05) is 0 Å². The Bertz CT molecular complexity index is 666. The Morgan fingerprint density at radius 3 is 1.62 bits per heavy atom. The smallest absolute Gasteiger partial charge is 0.207 e. The fourth-order valence-corrected chi connectivity index (χ4v) is 4.30. The van der Waals surface area contributed by atoms with Crippen LogP contribution in [0.5, 0.6) is 0 Å². The minimum atomic E-state index is -0.232. The standard InChI is InChI=1S/C14H23Si.C10H15.Mg/c1-6-15(7-2)11-12-8-9-13(10-12)14(3,4)5;1-8-5-6-9(7-8)10(2,3)4;/h8-11H,6-7H2,1-5H3;5-7H,1-4H3;/q2*-1;+2. The van der Waals surface area contributed by atoms with E-state index in [2.05, 4.69) is 104 Å². The maximum atomic E-state index is 2.51. The van der Waals surface area contributed by atoms with E-state index >= 15 is 0 Å². The van der Waals surface area contributed by atoms with Crippen molar-refractivity contribution in [2.24, 2.45) is 0 Å². The van der Waals surface area contributed by atoms with Gasteiger partial charge in [-0.05, 0) is 8.41 Å². The molecule has 0 fully saturated rings. The van der Waals surface area contributed by atoms with E-state index in [1.54, 1.807) is 0 Å². The average molecular weight is 379 g/mol. The van der Waals surface area contributed by atoms with Crippen LogP contribution in [0.15, 0.2) is 36.4 Å². The van der Waals surface area contributed by atoms with E-state index in [0.717, 1.165) is 0 Å². The summed E-state index contributed by atoms with van der Waals surface area (Å²) in [5.41, 5.74) is 8.82. The summed E-state index contributed by atoms with van der Waals surface area (Å²) in [6.07, 6.45) is 0. The third-order valence-electron chi connectivity index (χ3n) is 4.70. The van der Waals surface area contributed by atoms with E-state index in [4.69, 9.17) is 0 Å². The molecule has 0 spiro atoms. The van der Waals surface area contributed by atoms with Gasteiger partial charge in [-0.1, -0.05) is 85.2 Å². The van der Waals surface area contributed by atoms with Crippen molar-refractivity contribution in [1.29, 1.82) is 0 Å². The summed E-state index contributed by atoms with van der Waals surface area (Å²) >= 11 is 0. The van der Waals surface area contributed by atoms with Gasteiger partial charge in [-0.3, -0.25) is 0 Å². The van der Waals surface area contributed by atoms with Crippen molar-refractivity contribution in [3.8, 4) is 0 Å². The third kappa shape index (κ3) is 8.50. The van der Waals surface area contributed by atoms with Gasteiger partial charge in [0.1, 0.15) is 0 Å². The molecule has 0 unspecified atom stereocenters. The Morgan fingerprint density at radius 2 is 1.31 bits per heavy atom. The van der Waals surface area contributed by atoms with Gasteiger partial charge >= 0.3 is 23.1 Å². The second kappa shape index (κ2) is 10.8. The van der Waals surface area contributed by atoms with Crippen LogP contribution < -0.4 is 0 Å². The van der Waals surface area contributed by atoms with E-state index in [0.29, 0.717) is 5.41 Å². The molecule has 2 aromatic rings. The minimum Gasteiger partial charge on any atom is -0.207 e. The summed E-state index contributed by atoms with van der Waals surface area (Å²) in [6, 6.07) is 16.2. The number of hydrogen-bond acceptors (Lipinski definition) is 0. The molecule has 0 bridgehead atoms. The first-order valence-electron chi connectivity index (χ1n) is 9.67. The zero-order valence-electron chi connectivity index (χ0n) is 18.7. The predicted molar refractivity (Wildman–Crippen MR) is 124 cm³/mol. The van der Waals surface area contributed by atoms with Crippen molar-refractivity contribution in [3.63, 3.8) is 0 Å². The van der Waals surface area contributed by atoms with Crippen molar-refractivity contribution in [2.45, 2.75) is 85.2 Å². The average Bonchev–Trinajstić information content (AvgIpc) is 3.13. The van der Waals surface area contributed by atoms with Crippen LogP contribution in [0.25, 0.3) is 0 Å². The first-order chi connectivity index (χ1) is 11.5. The van der Waals surface area contributed by atoms with Crippen molar-refractivity contribution >= 4 is 37.1 Å². The second-order valence-electron chi connectivity index (χ2n) is 9.12. The first kappa shape index (κ1) is 25.6. The van der Waals surface area contributed by atoms with Crippen LogP contribution >= 0.6 is 0 Å². The van der Waals surface area contributed by atoms with Crippen LogP contribution in [0.3, 0.4) is 0 Å². The van der Waals surface area contributed by atoms with Crippen LogP contribution in [-0.2, 0) is 10.8 Å². The van der Waals surface area contributed by atoms with E-state index in [-0.39, 0.29) is 36.9 Å². The molecule has 0 heterocycles. The van der Waals surface area contributed by atoms with Crippen LogP contribution in [0.4, 0.5) is 0 Å². The third-order valence-corrected chi connectivity index (χ3v) is 7.26. The molecule has 2 aromatic carbocycles. The normalized spacial score (nSPS) is 11.3. The Balaban J connectivity index is 0.000000497. The van der Waals surface area contributed by atoms with Gasteiger partial charge in [0.25, 0.3) is 0 Å². The summed E-state index contributed by atoms with van der Waals surface area (Å²) in [6.45, 7) is 20.3. The van der Waals surface area contributed by atoms with Gasteiger partial charge in [0, 0.05) is 0 Å². The van der Waals surface area contributed by atoms with Crippen LogP contribution in [-0.4, -0.2) is 37.1 Å². The van der Waals surface area contributed by atoms with Gasteiger partial charge in [0.15, 0.2) is 0 Å². The summed E-state index contributed by atoms with van der Waals surface area (Å²) in [4.78, 5) is 0. The monoisotopic (exact) mass is 378 g/mol. The van der Waals surface area contributed by atoms with Gasteiger partial charge in [0.05, 0.1) is 0 Å². The van der Waals surface area contributed by atoms with Crippen molar-refractivity contribution in [3.05, 3.63) is 58.7 Å². The molecule has 0 radical (unpaired) electrons. The van der Waals surface area contributed by atoms with Crippen molar-refractivity contribution < 1.29 is 0 Å². The summed E-state index contributed by atoms with van der Waals surface area (Å²) < 4.78 is 0. The maximum Gasteiger partial charge on any atom is 2.00 e. The molecule has 0 aliphatic heterocycles. The zero-order chi connectivity index (χ0) is 19.3. The Hall–Kier alpha value is -0.447. The van der Waals surface area contributed by atoms with Crippen LogP contribution in [0.1, 0.15) is 77.6 Å². The zero-order valence-corrected chi connectivity index (χ0v) is 21.1. The Kier molecular flexibility index (Phi) is 10.6. The fourth-order valence-electron chi connectivity index (χ4n) is 2.74. The summed E-state index contributed by atoms with van der Waals surface area (Å²) in [5.74, 6) is 0. The summed E-state index contributed by atoms with van der Waals surface area (Å²) in [5, 5.41) is 0. The van der Waals surface area contributed by atoms with E-state index in [1.807, 2.05) is 0 Å². The molecule has 2 rings (SSSR count). The number of aryl methyl sites for hydroxylation is 1. The molecule has 0 amide bonds. The van der Waals surface area contributed by atoms with E-state index in [1.165, 1.54) is 34.3 Å². The van der Waals surface area contributed by atoms with Gasteiger partial charge in [0.2, 0.25) is 0 Å². The molecule has 0 aliphatic carbocycles. The number of rotatable bonds is 3. The molecule has 0 nitrogen and oxygen atoms in total. The molecule has 0 atom stereocenters. The maximum absolute atomic E-state index is 2.51.